The summed E-state index contributed by atoms with van der Waals surface area (Å²) in [6.45, 7) is 1.71. The van der Waals surface area contributed by atoms with Crippen LogP contribution in [0, 0.1) is 5.82 Å². The molecule has 2 heterocycles. The molecule has 1 aliphatic carbocycles. The van der Waals surface area contributed by atoms with Gasteiger partial charge in [0.15, 0.2) is 5.82 Å². The standard InChI is InChI=1S/C29H35ClFN7O4S/c1-37-11-9-18(10-12-37)33-28(39)20-14-23(25(42-3)15-22(20)31)35-29-32-16-21(30)27(36-29)34-24-13-17-7-5-6-8-19(17)26(24)38(2)43(4,40)41/h5-8,14-16,18,24,26H,9-13H2,1-4H3,(H,33,39)(H2,32,34,35,36)/t24-,26-/m1/s1. The topological polar surface area (TPSA) is 129 Å². The lowest BCUT2D eigenvalue weighted by molar-refractivity contribution is 0.0912. The Bertz CT molecular complexity index is 1620. The first-order valence-corrected chi connectivity index (χ1v) is 16.1. The van der Waals surface area contributed by atoms with Crippen molar-refractivity contribution in [2.24, 2.45) is 0 Å². The van der Waals surface area contributed by atoms with Crippen molar-refractivity contribution >= 4 is 45.0 Å². The number of nitrogens with one attached hydrogen (secondary N) is 3. The fourth-order valence-corrected chi connectivity index (χ4v) is 6.41. The average molecular weight is 632 g/mol. The molecular weight excluding hydrogens is 597 g/mol. The van der Waals surface area contributed by atoms with Crippen LogP contribution in [0.2, 0.25) is 5.02 Å². The van der Waals surface area contributed by atoms with Crippen LogP contribution in [0.25, 0.3) is 0 Å². The van der Waals surface area contributed by atoms with Crippen molar-refractivity contribution in [3.8, 4) is 5.75 Å². The van der Waals surface area contributed by atoms with Crippen molar-refractivity contribution in [3.05, 3.63) is 70.1 Å². The number of hydrogen-bond donors (Lipinski definition) is 3. The van der Waals surface area contributed by atoms with E-state index in [-0.39, 0.29) is 45.9 Å². The number of benzene rings is 2. The third kappa shape index (κ3) is 6.85. The van der Waals surface area contributed by atoms with Gasteiger partial charge in [0.25, 0.3) is 5.91 Å². The number of sulfonamides is 1. The number of methoxy groups -OCH3 is 1. The molecule has 1 aromatic heterocycles. The van der Waals surface area contributed by atoms with Crippen LogP contribution in [-0.2, 0) is 16.4 Å². The molecule has 11 nitrogen and oxygen atoms in total. The quantitative estimate of drug-likeness (QED) is 0.323. The molecule has 230 valence electrons. The summed E-state index contributed by atoms with van der Waals surface area (Å²) in [5.41, 5.74) is 2.07. The number of ether oxygens (including phenoxy) is 1. The molecule has 1 fully saturated rings. The van der Waals surface area contributed by atoms with Gasteiger partial charge in [-0.25, -0.2) is 17.8 Å². The Kier molecular flexibility index (Phi) is 9.07. The first-order chi connectivity index (χ1) is 20.4. The van der Waals surface area contributed by atoms with Crippen LogP contribution in [0.3, 0.4) is 0 Å². The lowest BCUT2D eigenvalue weighted by Crippen LogP contribution is -2.43. The molecule has 3 N–H and O–H groups in total. The lowest BCUT2D eigenvalue weighted by atomic mass is 10.0. The Labute approximate surface area is 255 Å². The number of carbonyl (C=O) groups is 1. The zero-order chi connectivity index (χ0) is 30.9. The van der Waals surface area contributed by atoms with Crippen LogP contribution < -0.4 is 20.7 Å². The number of anilines is 3. The predicted molar refractivity (Wildman–Crippen MR) is 164 cm³/mol. The van der Waals surface area contributed by atoms with Crippen molar-refractivity contribution in [1.82, 2.24) is 24.5 Å². The Morgan fingerprint density at radius 2 is 1.93 bits per heavy atom. The number of amides is 1. The summed E-state index contributed by atoms with van der Waals surface area (Å²) < 4.78 is 46.7. The maximum atomic E-state index is 15.0. The summed E-state index contributed by atoms with van der Waals surface area (Å²) in [6, 6.07) is 9.29. The van der Waals surface area contributed by atoms with Gasteiger partial charge in [-0.1, -0.05) is 35.9 Å². The largest absolute Gasteiger partial charge is 0.494 e. The number of carbonyl (C=O) groups excluding carboxylic acids is 1. The van der Waals surface area contributed by atoms with Crippen molar-refractivity contribution < 1.29 is 22.3 Å². The highest BCUT2D eigenvalue weighted by Gasteiger charge is 2.39. The molecule has 2 aliphatic rings. The van der Waals surface area contributed by atoms with Crippen LogP contribution in [-0.4, -0.2) is 86.1 Å². The first-order valence-electron chi connectivity index (χ1n) is 13.9. The van der Waals surface area contributed by atoms with Crippen LogP contribution in [0.4, 0.5) is 21.8 Å². The third-order valence-electron chi connectivity index (χ3n) is 8.01. The van der Waals surface area contributed by atoms with Crippen molar-refractivity contribution in [2.75, 3.05) is 51.2 Å². The Balaban J connectivity index is 1.39. The van der Waals surface area contributed by atoms with Crippen LogP contribution >= 0.6 is 11.6 Å². The Hall–Kier alpha value is -3.52. The minimum atomic E-state index is -3.51. The Morgan fingerprint density at radius 3 is 2.63 bits per heavy atom. The summed E-state index contributed by atoms with van der Waals surface area (Å²) in [5, 5.41) is 9.49. The highest BCUT2D eigenvalue weighted by molar-refractivity contribution is 7.88. The summed E-state index contributed by atoms with van der Waals surface area (Å²) in [5.74, 6) is -0.678. The molecule has 5 rings (SSSR count). The summed E-state index contributed by atoms with van der Waals surface area (Å²) in [7, 11) is 1.46. The van der Waals surface area contributed by atoms with Crippen molar-refractivity contribution in [1.29, 1.82) is 0 Å². The smallest absolute Gasteiger partial charge is 0.254 e. The van der Waals surface area contributed by atoms with E-state index in [2.05, 4.69) is 30.8 Å². The molecule has 1 aliphatic heterocycles. The highest BCUT2D eigenvalue weighted by Crippen LogP contribution is 2.39. The zero-order valence-corrected chi connectivity index (χ0v) is 26.0. The zero-order valence-electron chi connectivity index (χ0n) is 24.4. The molecule has 0 spiro atoms. The normalized spacial score (nSPS) is 19.2. The van der Waals surface area contributed by atoms with E-state index in [4.69, 9.17) is 16.3 Å². The number of likely N-dealkylation sites (tertiary alicyclic amines) is 1. The van der Waals surface area contributed by atoms with Gasteiger partial charge in [-0.15, -0.1) is 0 Å². The number of fused-ring (bicyclic) bond motifs is 1. The summed E-state index contributed by atoms with van der Waals surface area (Å²) in [4.78, 5) is 24.0. The van der Waals surface area contributed by atoms with Crippen LogP contribution in [0.15, 0.2) is 42.6 Å². The fraction of sp³-hybridized carbons (Fsp3) is 0.414. The van der Waals surface area contributed by atoms with Crippen LogP contribution in [0.5, 0.6) is 5.75 Å². The third-order valence-corrected chi connectivity index (χ3v) is 9.56. The highest BCUT2D eigenvalue weighted by atomic mass is 35.5. The van der Waals surface area contributed by atoms with Crippen LogP contribution in [0.1, 0.15) is 40.4 Å². The second kappa shape index (κ2) is 12.6. The summed E-state index contributed by atoms with van der Waals surface area (Å²) in [6.07, 6.45) is 4.69. The number of aromatic nitrogens is 2. The fourth-order valence-electron chi connectivity index (χ4n) is 5.60. The number of likely N-dealkylation sites (N-methyl/N-ethyl adjacent to an activating group) is 1. The number of nitrogens with zero attached hydrogens (tertiary/aromatic N) is 4. The van der Waals surface area contributed by atoms with E-state index in [1.165, 1.54) is 29.9 Å². The van der Waals surface area contributed by atoms with E-state index in [1.807, 2.05) is 31.3 Å². The van der Waals surface area contributed by atoms with Gasteiger partial charge in [0.1, 0.15) is 16.6 Å². The van der Waals surface area contributed by atoms with E-state index in [1.54, 1.807) is 7.05 Å². The van der Waals surface area contributed by atoms with Gasteiger partial charge < -0.3 is 25.6 Å². The van der Waals surface area contributed by atoms with Crippen molar-refractivity contribution in [2.45, 2.75) is 37.4 Å². The second-order valence-corrected chi connectivity index (χ2v) is 13.4. The lowest BCUT2D eigenvalue weighted by Gasteiger charge is -2.29. The van der Waals surface area contributed by atoms with Gasteiger partial charge in [0.2, 0.25) is 16.0 Å². The van der Waals surface area contributed by atoms with E-state index in [9.17, 15) is 17.6 Å². The van der Waals surface area contributed by atoms with Gasteiger partial charge in [-0.05, 0) is 56.6 Å². The second-order valence-electron chi connectivity index (χ2n) is 11.0. The molecule has 2 atom stereocenters. The van der Waals surface area contributed by atoms with Gasteiger partial charge in [-0.2, -0.15) is 9.29 Å². The monoisotopic (exact) mass is 631 g/mol. The SMILES string of the molecule is COc1cc(F)c(C(=O)NC2CCN(C)CC2)cc1Nc1ncc(Cl)c(N[C@@H]2Cc3ccccc3[C@H]2N(C)S(C)(=O)=O)n1. The van der Waals surface area contributed by atoms with E-state index < -0.39 is 27.8 Å². The van der Waals surface area contributed by atoms with Crippen molar-refractivity contribution in [3.63, 3.8) is 0 Å². The van der Waals surface area contributed by atoms with E-state index in [0.29, 0.717) is 6.42 Å². The van der Waals surface area contributed by atoms with Gasteiger partial charge in [0, 0.05) is 19.2 Å². The minimum absolute atomic E-state index is 0.0397. The number of rotatable bonds is 9. The van der Waals surface area contributed by atoms with Gasteiger partial charge in [-0.3, -0.25) is 4.79 Å². The molecule has 1 saturated heterocycles. The minimum Gasteiger partial charge on any atom is -0.494 e. The van der Waals surface area contributed by atoms with Gasteiger partial charge in [0.05, 0.1) is 42.9 Å². The van der Waals surface area contributed by atoms with Gasteiger partial charge >= 0.3 is 0 Å². The molecular formula is C29H35ClFN7O4S. The first kappa shape index (κ1) is 30.9. The number of piperidine rings is 1. The van der Waals surface area contributed by atoms with E-state index >= 15 is 0 Å². The maximum Gasteiger partial charge on any atom is 0.254 e. The van der Waals surface area contributed by atoms with E-state index in [0.717, 1.165) is 43.1 Å². The number of hydrogen-bond acceptors (Lipinski definition) is 9. The molecule has 0 radical (unpaired) electrons. The molecule has 1 amide bonds. The molecule has 0 saturated carbocycles. The molecule has 3 aromatic rings. The maximum absolute atomic E-state index is 15.0. The Morgan fingerprint density at radius 1 is 1.21 bits per heavy atom. The summed E-state index contributed by atoms with van der Waals surface area (Å²) >= 11 is 6.48. The average Bonchev–Trinajstić information content (AvgIpc) is 3.33. The molecule has 2 aromatic carbocycles. The predicted octanol–water partition coefficient (Wildman–Crippen LogP) is 3.81. The molecule has 0 bridgehead atoms. The molecule has 0 unspecified atom stereocenters. The molecule has 43 heavy (non-hydrogen) atoms. The number of halogens is 2. The molecule has 14 heteroatoms.